The molecule has 0 radical (unpaired) electrons. The molecule has 0 aliphatic heterocycles. The van der Waals surface area contributed by atoms with E-state index in [4.69, 9.17) is 0 Å². The van der Waals surface area contributed by atoms with E-state index < -0.39 is 5.41 Å². The molecule has 1 fully saturated rings. The molecule has 0 unspecified atom stereocenters. The first-order valence-corrected chi connectivity index (χ1v) is 9.83. The summed E-state index contributed by atoms with van der Waals surface area (Å²) in [6.45, 7) is 6.20. The quantitative estimate of drug-likeness (QED) is 0.723. The van der Waals surface area contributed by atoms with Gasteiger partial charge in [-0.2, -0.15) is 0 Å². The third-order valence-corrected chi connectivity index (χ3v) is 5.80. The Balaban J connectivity index is 1.76. The summed E-state index contributed by atoms with van der Waals surface area (Å²) in [5, 5.41) is 8.51. The molecule has 2 aromatic rings. The highest BCUT2D eigenvalue weighted by molar-refractivity contribution is 5.91. The zero-order valence-electron chi connectivity index (χ0n) is 17.1. The summed E-state index contributed by atoms with van der Waals surface area (Å²) in [4.78, 5) is 24.7. The zero-order valence-corrected chi connectivity index (χ0v) is 17.1. The summed E-state index contributed by atoms with van der Waals surface area (Å²) in [5.41, 5.74) is 4.81. The van der Waals surface area contributed by atoms with Gasteiger partial charge in [0, 0.05) is 12.7 Å². The monoisotopic (exact) mass is 379 g/mol. The lowest BCUT2D eigenvalue weighted by Gasteiger charge is -2.41. The molecule has 1 aliphatic carbocycles. The maximum Gasteiger partial charge on any atom is 0.318 e. The SMILES string of the molecule is CNC(=O)Nc1ccc(C2(C(=O)N[C@@H](C)c3ccc(C)cc3C)CCC2)cc1. The molecule has 5 nitrogen and oxygen atoms in total. The first-order valence-electron chi connectivity index (χ1n) is 9.83. The van der Waals surface area contributed by atoms with Crippen LogP contribution in [0, 0.1) is 13.8 Å². The molecular weight excluding hydrogens is 350 g/mol. The van der Waals surface area contributed by atoms with Crippen LogP contribution in [0.5, 0.6) is 0 Å². The number of carbonyl (C=O) groups is 2. The van der Waals surface area contributed by atoms with Crippen LogP contribution in [0.3, 0.4) is 0 Å². The molecule has 3 rings (SSSR count). The average Bonchev–Trinajstić information content (AvgIpc) is 2.61. The Morgan fingerprint density at radius 1 is 1.04 bits per heavy atom. The van der Waals surface area contributed by atoms with Gasteiger partial charge < -0.3 is 16.0 Å². The summed E-state index contributed by atoms with van der Waals surface area (Å²) in [7, 11) is 1.58. The van der Waals surface area contributed by atoms with Crippen molar-refractivity contribution in [2.75, 3.05) is 12.4 Å². The van der Waals surface area contributed by atoms with Crippen molar-refractivity contribution in [1.82, 2.24) is 10.6 Å². The highest BCUT2D eigenvalue weighted by Crippen LogP contribution is 2.44. The third-order valence-electron chi connectivity index (χ3n) is 5.80. The lowest BCUT2D eigenvalue weighted by molar-refractivity contribution is -0.130. The molecule has 0 saturated heterocycles. The second-order valence-electron chi connectivity index (χ2n) is 7.77. The van der Waals surface area contributed by atoms with Crippen molar-refractivity contribution in [3.8, 4) is 0 Å². The Kier molecular flexibility index (Phi) is 5.73. The lowest BCUT2D eigenvalue weighted by Crippen LogP contribution is -2.49. The lowest BCUT2D eigenvalue weighted by atomic mass is 9.63. The van der Waals surface area contributed by atoms with E-state index in [0.29, 0.717) is 5.69 Å². The molecule has 0 aromatic heterocycles. The summed E-state index contributed by atoms with van der Waals surface area (Å²) in [6, 6.07) is 13.6. The number of anilines is 1. The smallest absolute Gasteiger partial charge is 0.318 e. The van der Waals surface area contributed by atoms with Crippen molar-refractivity contribution in [1.29, 1.82) is 0 Å². The van der Waals surface area contributed by atoms with E-state index in [0.717, 1.165) is 30.4 Å². The van der Waals surface area contributed by atoms with Crippen LogP contribution in [0.15, 0.2) is 42.5 Å². The Bertz CT molecular complexity index is 870. The Labute approximate surface area is 166 Å². The summed E-state index contributed by atoms with van der Waals surface area (Å²) in [5.74, 6) is 0.0817. The topological polar surface area (TPSA) is 70.2 Å². The van der Waals surface area contributed by atoms with Gasteiger partial charge in [0.05, 0.1) is 11.5 Å². The predicted octanol–water partition coefficient (Wildman–Crippen LogP) is 4.35. The molecule has 1 saturated carbocycles. The van der Waals surface area contributed by atoms with Crippen molar-refractivity contribution in [3.05, 3.63) is 64.7 Å². The molecule has 1 aliphatic rings. The second kappa shape index (κ2) is 8.05. The van der Waals surface area contributed by atoms with Gasteiger partial charge >= 0.3 is 6.03 Å². The number of rotatable bonds is 5. The highest BCUT2D eigenvalue weighted by Gasteiger charge is 2.45. The van der Waals surface area contributed by atoms with Crippen molar-refractivity contribution in [3.63, 3.8) is 0 Å². The molecule has 3 N–H and O–H groups in total. The number of nitrogens with one attached hydrogen (secondary N) is 3. The molecule has 2 aromatic carbocycles. The minimum atomic E-state index is -0.474. The number of benzene rings is 2. The molecule has 0 bridgehead atoms. The number of hydrogen-bond donors (Lipinski definition) is 3. The average molecular weight is 380 g/mol. The standard InChI is InChI=1S/C23H29N3O2/c1-15-6-11-20(16(2)14-15)17(3)25-21(27)23(12-5-13-23)18-7-9-19(10-8-18)26-22(28)24-4/h6-11,14,17H,5,12-13H2,1-4H3,(H,25,27)(H2,24,26,28)/t17-/m0/s1. The van der Waals surface area contributed by atoms with E-state index in [2.05, 4.69) is 48.0 Å². The number of aryl methyl sites for hydroxylation is 2. The minimum absolute atomic E-state index is 0.0419. The molecule has 0 spiro atoms. The number of carbonyl (C=O) groups excluding carboxylic acids is 2. The van der Waals surface area contributed by atoms with Crippen molar-refractivity contribution in [2.24, 2.45) is 0 Å². The fraction of sp³-hybridized carbons (Fsp3) is 0.391. The van der Waals surface area contributed by atoms with E-state index in [1.165, 1.54) is 11.1 Å². The number of hydrogen-bond acceptors (Lipinski definition) is 2. The highest BCUT2D eigenvalue weighted by atomic mass is 16.2. The Morgan fingerprint density at radius 3 is 2.25 bits per heavy atom. The van der Waals surface area contributed by atoms with Gasteiger partial charge in [-0.05, 0) is 62.4 Å². The first-order chi connectivity index (χ1) is 13.4. The van der Waals surface area contributed by atoms with Gasteiger partial charge in [0.15, 0.2) is 0 Å². The molecule has 3 amide bonds. The van der Waals surface area contributed by atoms with E-state index in [-0.39, 0.29) is 18.0 Å². The van der Waals surface area contributed by atoms with Gasteiger partial charge in [-0.3, -0.25) is 4.79 Å². The van der Waals surface area contributed by atoms with Crippen LogP contribution < -0.4 is 16.0 Å². The molecule has 148 valence electrons. The predicted molar refractivity (Wildman–Crippen MR) is 113 cm³/mol. The van der Waals surface area contributed by atoms with Crippen molar-refractivity contribution in [2.45, 2.75) is 51.5 Å². The second-order valence-corrected chi connectivity index (χ2v) is 7.77. The first kappa shape index (κ1) is 19.9. The molecule has 1 atom stereocenters. The van der Waals surface area contributed by atoms with Crippen LogP contribution in [0.25, 0.3) is 0 Å². The van der Waals surface area contributed by atoms with Gasteiger partial charge in [-0.1, -0.05) is 42.3 Å². The Morgan fingerprint density at radius 2 is 1.71 bits per heavy atom. The van der Waals surface area contributed by atoms with E-state index >= 15 is 0 Å². The van der Waals surface area contributed by atoms with Gasteiger partial charge in [0.1, 0.15) is 0 Å². The maximum absolute atomic E-state index is 13.2. The van der Waals surface area contributed by atoms with Crippen LogP contribution in [-0.2, 0) is 10.2 Å². The van der Waals surface area contributed by atoms with Crippen LogP contribution in [0.1, 0.15) is 54.5 Å². The summed E-state index contributed by atoms with van der Waals surface area (Å²) in [6.07, 6.45) is 2.74. The Hall–Kier alpha value is -2.82. The minimum Gasteiger partial charge on any atom is -0.349 e. The molecule has 28 heavy (non-hydrogen) atoms. The molecule has 0 heterocycles. The van der Waals surface area contributed by atoms with Gasteiger partial charge in [-0.25, -0.2) is 4.79 Å². The zero-order chi connectivity index (χ0) is 20.3. The molecular formula is C23H29N3O2. The van der Waals surface area contributed by atoms with Gasteiger partial charge in [0.2, 0.25) is 5.91 Å². The molecule has 5 heteroatoms. The van der Waals surface area contributed by atoms with Crippen LogP contribution in [-0.4, -0.2) is 19.0 Å². The van der Waals surface area contributed by atoms with E-state index in [1.807, 2.05) is 31.2 Å². The van der Waals surface area contributed by atoms with E-state index in [9.17, 15) is 9.59 Å². The van der Waals surface area contributed by atoms with Crippen molar-refractivity contribution >= 4 is 17.6 Å². The fourth-order valence-corrected chi connectivity index (χ4v) is 3.97. The van der Waals surface area contributed by atoms with Crippen LogP contribution >= 0.6 is 0 Å². The normalized spacial score (nSPS) is 15.9. The van der Waals surface area contributed by atoms with Gasteiger partial charge in [-0.15, -0.1) is 0 Å². The van der Waals surface area contributed by atoms with Crippen LogP contribution in [0.2, 0.25) is 0 Å². The van der Waals surface area contributed by atoms with Crippen molar-refractivity contribution < 1.29 is 9.59 Å². The van der Waals surface area contributed by atoms with E-state index in [1.54, 1.807) is 7.05 Å². The van der Waals surface area contributed by atoms with Crippen LogP contribution in [0.4, 0.5) is 10.5 Å². The summed E-state index contributed by atoms with van der Waals surface area (Å²) < 4.78 is 0. The summed E-state index contributed by atoms with van der Waals surface area (Å²) >= 11 is 0. The fourth-order valence-electron chi connectivity index (χ4n) is 3.97. The largest absolute Gasteiger partial charge is 0.349 e. The van der Waals surface area contributed by atoms with Gasteiger partial charge in [0.25, 0.3) is 0 Å². The number of amides is 3. The number of urea groups is 1. The maximum atomic E-state index is 13.2. The third kappa shape index (κ3) is 3.88.